The molecule has 2 aromatic heterocycles. The summed E-state index contributed by atoms with van der Waals surface area (Å²) in [7, 11) is 1.66. The third kappa shape index (κ3) is 4.57. The largest absolute Gasteiger partial charge is 0.383 e. The maximum absolute atomic E-state index is 12.4. The molecular formula is C18H22ClN5O2. The Balaban J connectivity index is 0.00000243. The molecule has 0 aliphatic rings. The molecule has 1 amide bonds. The second-order valence-electron chi connectivity index (χ2n) is 5.49. The maximum Gasteiger partial charge on any atom is 0.256 e. The minimum absolute atomic E-state index is 0. The van der Waals surface area contributed by atoms with Gasteiger partial charge in [-0.2, -0.15) is 5.10 Å². The lowest BCUT2D eigenvalue weighted by Crippen LogP contribution is -2.33. The molecule has 0 spiro atoms. The molecule has 138 valence electrons. The summed E-state index contributed by atoms with van der Waals surface area (Å²) in [6.45, 7) is 2.61. The fourth-order valence-electron chi connectivity index (χ4n) is 2.54. The summed E-state index contributed by atoms with van der Waals surface area (Å²) in [5.74, 6) is -0.179. The third-order valence-electron chi connectivity index (χ3n) is 3.79. The summed E-state index contributed by atoms with van der Waals surface area (Å²) in [5, 5.41) is 10.4. The molecule has 0 atom stereocenters. The number of amides is 1. The number of benzene rings is 1. The number of hydrogen-bond acceptors (Lipinski definition) is 5. The fraction of sp³-hybridized carbons (Fsp3) is 0.278. The molecule has 7 nitrogen and oxygen atoms in total. The van der Waals surface area contributed by atoms with E-state index in [2.05, 4.69) is 20.7 Å². The van der Waals surface area contributed by atoms with Gasteiger partial charge in [0.1, 0.15) is 5.56 Å². The summed E-state index contributed by atoms with van der Waals surface area (Å²) in [5.41, 5.74) is 2.93. The van der Waals surface area contributed by atoms with E-state index in [1.54, 1.807) is 24.0 Å². The molecule has 0 saturated heterocycles. The van der Waals surface area contributed by atoms with E-state index < -0.39 is 0 Å². The molecule has 1 aromatic carbocycles. The summed E-state index contributed by atoms with van der Waals surface area (Å²) in [6.07, 6.45) is 3.25. The molecule has 2 N–H and O–H groups in total. The lowest BCUT2D eigenvalue weighted by Gasteiger charge is -2.06. The standard InChI is InChI=1S/C18H21N5O2.ClH/c1-25-12-11-19-9-10-21-18(24)15-13-22-23-16(7-8-20-17(15)23)14-5-3-2-4-6-14;/h2-8,13,19H,9-12H2,1H3,(H,21,24);1H. The molecule has 3 rings (SSSR count). The highest BCUT2D eigenvalue weighted by atomic mass is 35.5. The quantitative estimate of drug-likeness (QED) is 0.587. The summed E-state index contributed by atoms with van der Waals surface area (Å²) < 4.78 is 6.65. The number of carbonyl (C=O) groups is 1. The van der Waals surface area contributed by atoms with Crippen LogP contribution >= 0.6 is 12.4 Å². The van der Waals surface area contributed by atoms with Crippen LogP contribution in [0, 0.1) is 0 Å². The van der Waals surface area contributed by atoms with Crippen LogP contribution in [0.1, 0.15) is 10.4 Å². The average Bonchev–Trinajstić information content (AvgIpc) is 3.09. The van der Waals surface area contributed by atoms with Crippen LogP contribution in [0.4, 0.5) is 0 Å². The monoisotopic (exact) mass is 375 g/mol. The molecule has 0 fully saturated rings. The average molecular weight is 376 g/mol. The van der Waals surface area contributed by atoms with Crippen LogP contribution in [0.25, 0.3) is 16.9 Å². The summed E-state index contributed by atoms with van der Waals surface area (Å²) in [4.78, 5) is 16.7. The van der Waals surface area contributed by atoms with Crippen molar-refractivity contribution in [2.45, 2.75) is 0 Å². The van der Waals surface area contributed by atoms with Gasteiger partial charge in [0.25, 0.3) is 5.91 Å². The molecule has 26 heavy (non-hydrogen) atoms. The van der Waals surface area contributed by atoms with Crippen molar-refractivity contribution in [2.24, 2.45) is 0 Å². The van der Waals surface area contributed by atoms with E-state index >= 15 is 0 Å². The molecule has 0 bridgehead atoms. The Morgan fingerprint density at radius 2 is 1.96 bits per heavy atom. The molecule has 0 aliphatic carbocycles. The molecular weight excluding hydrogens is 354 g/mol. The van der Waals surface area contributed by atoms with E-state index in [-0.39, 0.29) is 18.3 Å². The first kappa shape index (κ1) is 19.8. The number of methoxy groups -OCH3 is 1. The molecule has 3 aromatic rings. The van der Waals surface area contributed by atoms with Crippen molar-refractivity contribution < 1.29 is 9.53 Å². The zero-order chi connectivity index (χ0) is 17.5. The van der Waals surface area contributed by atoms with Crippen LogP contribution < -0.4 is 10.6 Å². The van der Waals surface area contributed by atoms with Gasteiger partial charge in [-0.1, -0.05) is 30.3 Å². The van der Waals surface area contributed by atoms with Gasteiger partial charge in [0.05, 0.1) is 18.5 Å². The predicted octanol–water partition coefficient (Wildman–Crippen LogP) is 1.78. The van der Waals surface area contributed by atoms with Crippen molar-refractivity contribution in [3.63, 3.8) is 0 Å². The Bertz CT molecular complexity index is 838. The minimum Gasteiger partial charge on any atom is -0.383 e. The smallest absolute Gasteiger partial charge is 0.256 e. The number of halogens is 1. The molecule has 0 radical (unpaired) electrons. The number of hydrogen-bond donors (Lipinski definition) is 2. The summed E-state index contributed by atoms with van der Waals surface area (Å²) >= 11 is 0. The van der Waals surface area contributed by atoms with Crippen LogP contribution in [-0.2, 0) is 4.74 Å². The Morgan fingerprint density at radius 1 is 1.15 bits per heavy atom. The van der Waals surface area contributed by atoms with E-state index in [1.165, 1.54) is 0 Å². The van der Waals surface area contributed by atoms with Gasteiger partial charge in [0.15, 0.2) is 5.65 Å². The normalized spacial score (nSPS) is 10.5. The number of nitrogens with one attached hydrogen (secondary N) is 2. The first-order valence-corrected chi connectivity index (χ1v) is 8.17. The highest BCUT2D eigenvalue weighted by molar-refractivity contribution is 5.99. The van der Waals surface area contributed by atoms with Gasteiger partial charge in [0, 0.05) is 38.5 Å². The van der Waals surface area contributed by atoms with Gasteiger partial charge in [-0.15, -0.1) is 12.4 Å². The van der Waals surface area contributed by atoms with Crippen molar-refractivity contribution in [3.05, 3.63) is 54.4 Å². The third-order valence-corrected chi connectivity index (χ3v) is 3.79. The molecule has 8 heteroatoms. The topological polar surface area (TPSA) is 80.5 Å². The van der Waals surface area contributed by atoms with E-state index in [0.29, 0.717) is 30.9 Å². The van der Waals surface area contributed by atoms with Crippen molar-refractivity contribution in [3.8, 4) is 11.3 Å². The molecule has 0 aliphatic heterocycles. The first-order valence-electron chi connectivity index (χ1n) is 8.17. The van der Waals surface area contributed by atoms with Gasteiger partial charge in [-0.25, -0.2) is 9.50 Å². The second kappa shape index (κ2) is 9.86. The molecule has 0 unspecified atom stereocenters. The highest BCUT2D eigenvalue weighted by Crippen LogP contribution is 2.20. The Kier molecular flexibility index (Phi) is 7.53. The van der Waals surface area contributed by atoms with Gasteiger partial charge in [0.2, 0.25) is 0 Å². The number of aromatic nitrogens is 3. The number of carbonyl (C=O) groups excluding carboxylic acids is 1. The van der Waals surface area contributed by atoms with E-state index in [1.807, 2.05) is 36.4 Å². The Morgan fingerprint density at radius 3 is 2.73 bits per heavy atom. The van der Waals surface area contributed by atoms with Gasteiger partial charge in [-0.3, -0.25) is 4.79 Å². The zero-order valence-corrected chi connectivity index (χ0v) is 15.3. The minimum atomic E-state index is -0.179. The lowest BCUT2D eigenvalue weighted by atomic mass is 10.1. The van der Waals surface area contributed by atoms with Crippen LogP contribution in [0.15, 0.2) is 48.8 Å². The van der Waals surface area contributed by atoms with Crippen LogP contribution in [-0.4, -0.2) is 53.9 Å². The number of rotatable bonds is 8. The Hall–Kier alpha value is -2.48. The SMILES string of the molecule is COCCNCCNC(=O)c1cnn2c(-c3ccccc3)ccnc12.Cl. The summed E-state index contributed by atoms with van der Waals surface area (Å²) in [6, 6.07) is 11.8. The van der Waals surface area contributed by atoms with Crippen LogP contribution in [0.2, 0.25) is 0 Å². The van der Waals surface area contributed by atoms with E-state index in [4.69, 9.17) is 4.74 Å². The van der Waals surface area contributed by atoms with Crippen molar-refractivity contribution in [1.29, 1.82) is 0 Å². The van der Waals surface area contributed by atoms with Crippen LogP contribution in [0.3, 0.4) is 0 Å². The van der Waals surface area contributed by atoms with Crippen LogP contribution in [0.5, 0.6) is 0 Å². The predicted molar refractivity (Wildman–Crippen MR) is 103 cm³/mol. The number of nitrogens with zero attached hydrogens (tertiary/aromatic N) is 3. The second-order valence-corrected chi connectivity index (χ2v) is 5.49. The lowest BCUT2D eigenvalue weighted by molar-refractivity contribution is 0.0955. The maximum atomic E-state index is 12.4. The fourth-order valence-corrected chi connectivity index (χ4v) is 2.54. The zero-order valence-electron chi connectivity index (χ0n) is 14.5. The van der Waals surface area contributed by atoms with Gasteiger partial charge < -0.3 is 15.4 Å². The number of ether oxygens (including phenoxy) is 1. The highest BCUT2D eigenvalue weighted by Gasteiger charge is 2.15. The number of fused-ring (bicyclic) bond motifs is 1. The van der Waals surface area contributed by atoms with Gasteiger partial charge in [-0.05, 0) is 6.07 Å². The first-order chi connectivity index (χ1) is 12.3. The van der Waals surface area contributed by atoms with E-state index in [0.717, 1.165) is 17.8 Å². The molecule has 2 heterocycles. The van der Waals surface area contributed by atoms with Gasteiger partial charge >= 0.3 is 0 Å². The van der Waals surface area contributed by atoms with E-state index in [9.17, 15) is 4.79 Å². The van der Waals surface area contributed by atoms with Crippen molar-refractivity contribution >= 4 is 24.0 Å². The Labute approximate surface area is 158 Å². The van der Waals surface area contributed by atoms with Crippen molar-refractivity contribution in [1.82, 2.24) is 25.2 Å². The molecule has 0 saturated carbocycles. The van der Waals surface area contributed by atoms with Crippen molar-refractivity contribution in [2.75, 3.05) is 33.4 Å².